The molecule has 1 saturated carbocycles. The minimum atomic E-state index is -1.05. The lowest BCUT2D eigenvalue weighted by atomic mass is 9.66. The number of nitrogens with one attached hydrogen (secondary N) is 2. The summed E-state index contributed by atoms with van der Waals surface area (Å²) in [5.74, 6) is -1.30. The van der Waals surface area contributed by atoms with E-state index in [0.29, 0.717) is 18.7 Å². The van der Waals surface area contributed by atoms with Crippen LogP contribution in [0.4, 0.5) is 0 Å². The van der Waals surface area contributed by atoms with Crippen molar-refractivity contribution in [3.05, 3.63) is 18.2 Å². The number of nitrogens with two attached hydrogens (primary N) is 1. The molecule has 1 amide bonds. The van der Waals surface area contributed by atoms with E-state index in [-0.39, 0.29) is 17.7 Å². The molecule has 0 saturated heterocycles. The van der Waals surface area contributed by atoms with Gasteiger partial charge in [0.25, 0.3) is 0 Å². The summed E-state index contributed by atoms with van der Waals surface area (Å²) in [7, 11) is 0. The van der Waals surface area contributed by atoms with Gasteiger partial charge in [0, 0.05) is 24.7 Å². The molecule has 1 fully saturated rings. The zero-order valence-electron chi connectivity index (χ0n) is 11.3. The Kier molecular flexibility index (Phi) is 4.39. The van der Waals surface area contributed by atoms with E-state index in [1.165, 1.54) is 6.33 Å². The average Bonchev–Trinajstić information content (AvgIpc) is 2.86. The lowest BCUT2D eigenvalue weighted by molar-refractivity contribution is -0.142. The Morgan fingerprint density at radius 2 is 2.30 bits per heavy atom. The number of aromatic nitrogens is 2. The van der Waals surface area contributed by atoms with Crippen LogP contribution in [-0.2, 0) is 16.0 Å². The first kappa shape index (κ1) is 14.5. The van der Waals surface area contributed by atoms with Gasteiger partial charge in [-0.2, -0.15) is 0 Å². The molecule has 0 bridgehead atoms. The molecule has 5 N–H and O–H groups in total. The number of hydrogen-bond donors (Lipinski definition) is 4. The highest BCUT2D eigenvalue weighted by Crippen LogP contribution is 2.42. The van der Waals surface area contributed by atoms with Crippen LogP contribution in [0, 0.1) is 5.41 Å². The molecule has 1 aromatic heterocycles. The third-order valence-corrected chi connectivity index (χ3v) is 3.99. The minimum absolute atomic E-state index is 0.124. The van der Waals surface area contributed by atoms with Crippen LogP contribution in [-0.4, -0.2) is 39.5 Å². The van der Waals surface area contributed by atoms with E-state index in [4.69, 9.17) is 5.73 Å². The van der Waals surface area contributed by atoms with E-state index in [0.717, 1.165) is 19.3 Å². The van der Waals surface area contributed by atoms with Crippen LogP contribution in [0.15, 0.2) is 12.5 Å². The summed E-state index contributed by atoms with van der Waals surface area (Å²) >= 11 is 0. The van der Waals surface area contributed by atoms with Gasteiger partial charge in [0.2, 0.25) is 5.91 Å². The average molecular weight is 280 g/mol. The van der Waals surface area contributed by atoms with Gasteiger partial charge in [-0.25, -0.2) is 9.78 Å². The highest BCUT2D eigenvalue weighted by Gasteiger charge is 2.38. The molecular weight excluding hydrogens is 260 g/mol. The molecule has 7 heteroatoms. The second kappa shape index (κ2) is 6.04. The first-order valence-corrected chi connectivity index (χ1v) is 6.74. The standard InChI is InChI=1S/C13H20N4O3/c14-7-13(2-1-3-13)5-11(18)17-10(12(19)20)4-9-6-15-8-16-9/h6,8,10H,1-5,7,14H2,(H,15,16)(H,17,18)(H,19,20)/t10-/m0/s1. The van der Waals surface area contributed by atoms with Gasteiger partial charge >= 0.3 is 5.97 Å². The van der Waals surface area contributed by atoms with Gasteiger partial charge in [0.1, 0.15) is 6.04 Å². The minimum Gasteiger partial charge on any atom is -0.480 e. The highest BCUT2D eigenvalue weighted by atomic mass is 16.4. The van der Waals surface area contributed by atoms with E-state index in [2.05, 4.69) is 15.3 Å². The first-order chi connectivity index (χ1) is 9.54. The van der Waals surface area contributed by atoms with Crippen LogP contribution in [0.1, 0.15) is 31.4 Å². The smallest absolute Gasteiger partial charge is 0.326 e. The summed E-state index contributed by atoms with van der Waals surface area (Å²) in [6.45, 7) is 0.471. The topological polar surface area (TPSA) is 121 Å². The number of hydrogen-bond acceptors (Lipinski definition) is 4. The Balaban J connectivity index is 1.90. The molecular formula is C13H20N4O3. The van der Waals surface area contributed by atoms with Crippen molar-refractivity contribution in [1.82, 2.24) is 15.3 Å². The molecule has 7 nitrogen and oxygen atoms in total. The predicted molar refractivity (Wildman–Crippen MR) is 71.8 cm³/mol. The molecule has 0 radical (unpaired) electrons. The predicted octanol–water partition coefficient (Wildman–Crippen LogP) is 0.0407. The van der Waals surface area contributed by atoms with Crippen molar-refractivity contribution >= 4 is 11.9 Å². The fraction of sp³-hybridized carbons (Fsp3) is 0.615. The lowest BCUT2D eigenvalue weighted by Gasteiger charge is -2.40. The summed E-state index contributed by atoms with van der Waals surface area (Å²) in [6.07, 6.45) is 6.49. The third-order valence-electron chi connectivity index (χ3n) is 3.99. The summed E-state index contributed by atoms with van der Waals surface area (Å²) in [4.78, 5) is 29.9. The van der Waals surface area contributed by atoms with Crippen molar-refractivity contribution < 1.29 is 14.7 Å². The quantitative estimate of drug-likeness (QED) is 0.562. The maximum Gasteiger partial charge on any atom is 0.326 e. The zero-order valence-corrected chi connectivity index (χ0v) is 11.3. The number of aliphatic carboxylic acids is 1. The number of imidazole rings is 1. The molecule has 1 aromatic rings. The molecule has 0 aromatic carbocycles. The fourth-order valence-electron chi connectivity index (χ4n) is 2.53. The summed E-state index contributed by atoms with van der Waals surface area (Å²) < 4.78 is 0. The van der Waals surface area contributed by atoms with Crippen molar-refractivity contribution in [3.63, 3.8) is 0 Å². The van der Waals surface area contributed by atoms with Crippen molar-refractivity contribution in [2.24, 2.45) is 11.1 Å². The Hall–Kier alpha value is -1.89. The van der Waals surface area contributed by atoms with E-state index in [1.54, 1.807) is 6.20 Å². The number of aromatic amines is 1. The summed E-state index contributed by atoms with van der Waals surface area (Å²) in [6, 6.07) is -0.946. The number of carbonyl (C=O) groups excluding carboxylic acids is 1. The SMILES string of the molecule is NCC1(CC(=O)N[C@@H](Cc2cnc[nH]2)C(=O)O)CCC1. The van der Waals surface area contributed by atoms with Crippen molar-refractivity contribution in [2.75, 3.05) is 6.54 Å². The number of rotatable bonds is 7. The number of carboxylic acid groups (broad SMARTS) is 1. The first-order valence-electron chi connectivity index (χ1n) is 6.74. The van der Waals surface area contributed by atoms with Crippen LogP contribution in [0.25, 0.3) is 0 Å². The molecule has 1 heterocycles. The van der Waals surface area contributed by atoms with Crippen LogP contribution < -0.4 is 11.1 Å². The van der Waals surface area contributed by atoms with E-state index in [1.807, 2.05) is 0 Å². The fourth-order valence-corrected chi connectivity index (χ4v) is 2.53. The van der Waals surface area contributed by atoms with Gasteiger partial charge in [-0.15, -0.1) is 0 Å². The van der Waals surface area contributed by atoms with Gasteiger partial charge in [0.05, 0.1) is 6.33 Å². The molecule has 1 aliphatic carbocycles. The maximum absolute atomic E-state index is 12.0. The van der Waals surface area contributed by atoms with E-state index < -0.39 is 12.0 Å². The van der Waals surface area contributed by atoms with Crippen LogP contribution >= 0.6 is 0 Å². The molecule has 0 unspecified atom stereocenters. The monoisotopic (exact) mass is 280 g/mol. The van der Waals surface area contributed by atoms with Crippen molar-refractivity contribution in [3.8, 4) is 0 Å². The van der Waals surface area contributed by atoms with Crippen LogP contribution in [0.2, 0.25) is 0 Å². The number of amides is 1. The normalized spacial score (nSPS) is 18.1. The molecule has 0 aliphatic heterocycles. The Bertz CT molecular complexity index is 462. The molecule has 110 valence electrons. The van der Waals surface area contributed by atoms with Crippen LogP contribution in [0.5, 0.6) is 0 Å². The van der Waals surface area contributed by atoms with E-state index >= 15 is 0 Å². The highest BCUT2D eigenvalue weighted by molar-refractivity contribution is 5.84. The molecule has 1 atom stereocenters. The van der Waals surface area contributed by atoms with Gasteiger partial charge in [-0.3, -0.25) is 4.79 Å². The van der Waals surface area contributed by atoms with Crippen molar-refractivity contribution in [2.45, 2.75) is 38.1 Å². The van der Waals surface area contributed by atoms with Crippen LogP contribution in [0.3, 0.4) is 0 Å². The second-order valence-corrected chi connectivity index (χ2v) is 5.47. The summed E-state index contributed by atoms with van der Waals surface area (Å²) in [5.41, 5.74) is 6.26. The summed E-state index contributed by atoms with van der Waals surface area (Å²) in [5, 5.41) is 11.7. The molecule has 0 spiro atoms. The molecule has 20 heavy (non-hydrogen) atoms. The number of H-pyrrole nitrogens is 1. The van der Waals surface area contributed by atoms with Gasteiger partial charge in [-0.05, 0) is 24.8 Å². The molecule has 2 rings (SSSR count). The maximum atomic E-state index is 12.0. The van der Waals surface area contributed by atoms with E-state index in [9.17, 15) is 14.7 Å². The number of carboxylic acids is 1. The Morgan fingerprint density at radius 3 is 2.75 bits per heavy atom. The lowest BCUT2D eigenvalue weighted by Crippen LogP contribution is -2.47. The van der Waals surface area contributed by atoms with Gasteiger partial charge in [-0.1, -0.05) is 6.42 Å². The molecule has 1 aliphatic rings. The van der Waals surface area contributed by atoms with Crippen molar-refractivity contribution in [1.29, 1.82) is 0 Å². The van der Waals surface area contributed by atoms with Gasteiger partial charge < -0.3 is 21.1 Å². The number of nitrogens with zero attached hydrogens (tertiary/aromatic N) is 1. The zero-order chi connectivity index (χ0) is 14.6. The Morgan fingerprint density at radius 1 is 1.55 bits per heavy atom. The third kappa shape index (κ3) is 3.36. The Labute approximate surface area is 117 Å². The largest absolute Gasteiger partial charge is 0.480 e. The number of carbonyl (C=O) groups is 2. The second-order valence-electron chi connectivity index (χ2n) is 5.47. The van der Waals surface area contributed by atoms with Gasteiger partial charge in [0.15, 0.2) is 0 Å².